The van der Waals surface area contributed by atoms with E-state index in [0.29, 0.717) is 17.1 Å². The van der Waals surface area contributed by atoms with Crippen molar-refractivity contribution in [3.05, 3.63) is 49.5 Å². The van der Waals surface area contributed by atoms with E-state index in [-0.39, 0.29) is 5.56 Å². The van der Waals surface area contributed by atoms with Crippen LogP contribution in [0.2, 0.25) is 0 Å². The first-order chi connectivity index (χ1) is 8.47. The van der Waals surface area contributed by atoms with Crippen LogP contribution in [-0.4, -0.2) is 14.3 Å². The summed E-state index contributed by atoms with van der Waals surface area (Å²) in [4.78, 5) is 11.9. The predicted molar refractivity (Wildman–Crippen MR) is 77.8 cm³/mol. The second-order valence-electron chi connectivity index (χ2n) is 4.32. The minimum absolute atomic E-state index is 0.0581. The lowest BCUT2D eigenvalue weighted by molar-refractivity contribution is 0.523. The molecular weight excluding hydrogens is 362 g/mol. The molecule has 2 rings (SSSR count). The Labute approximate surface area is 122 Å². The summed E-state index contributed by atoms with van der Waals surface area (Å²) < 4.78 is 4.91. The predicted octanol–water partition coefficient (Wildman–Crippen LogP) is 3.20. The van der Waals surface area contributed by atoms with E-state index in [9.17, 15) is 4.79 Å². The third-order valence-electron chi connectivity index (χ3n) is 2.53. The maximum Gasteiger partial charge on any atom is 0.265 e. The van der Waals surface area contributed by atoms with Gasteiger partial charge in [0.1, 0.15) is 0 Å². The molecule has 6 heteroatoms. The summed E-state index contributed by atoms with van der Waals surface area (Å²) in [5.74, 6) is 0. The van der Waals surface area contributed by atoms with Crippen LogP contribution in [0.15, 0.2) is 38.3 Å². The first kappa shape index (κ1) is 13.5. The Balaban J connectivity index is 2.31. The number of nitrogens with zero attached hydrogens (tertiary/aromatic N) is 3. The van der Waals surface area contributed by atoms with Gasteiger partial charge in [-0.3, -0.25) is 9.48 Å². The molecule has 0 saturated heterocycles. The van der Waals surface area contributed by atoms with Gasteiger partial charge in [-0.25, -0.2) is 0 Å². The van der Waals surface area contributed by atoms with Crippen LogP contribution in [0.1, 0.15) is 25.6 Å². The normalized spacial score (nSPS) is 11.2. The number of halogens is 2. The van der Waals surface area contributed by atoms with Gasteiger partial charge >= 0.3 is 0 Å². The van der Waals surface area contributed by atoms with Gasteiger partial charge in [-0.15, -0.1) is 0 Å². The first-order valence-electron chi connectivity index (χ1n) is 5.57. The van der Waals surface area contributed by atoms with E-state index in [0.717, 1.165) is 10.2 Å². The number of rotatable bonds is 3. The summed E-state index contributed by atoms with van der Waals surface area (Å²) in [6.07, 6.45) is 3.69. The topological polar surface area (TPSA) is 39.8 Å². The van der Waals surface area contributed by atoms with E-state index in [1.54, 1.807) is 16.8 Å². The molecule has 0 aliphatic carbocycles. The molecule has 0 saturated carbocycles. The second kappa shape index (κ2) is 5.40. The van der Waals surface area contributed by atoms with Crippen molar-refractivity contribution in [2.45, 2.75) is 26.4 Å². The van der Waals surface area contributed by atoms with Gasteiger partial charge in [-0.2, -0.15) is 5.10 Å². The quantitative estimate of drug-likeness (QED) is 0.827. The van der Waals surface area contributed by atoms with Crippen molar-refractivity contribution in [2.24, 2.45) is 0 Å². The van der Waals surface area contributed by atoms with Crippen molar-refractivity contribution < 1.29 is 0 Å². The minimum atomic E-state index is -0.0581. The summed E-state index contributed by atoms with van der Waals surface area (Å²) in [6, 6.07) is 4.00. The summed E-state index contributed by atoms with van der Waals surface area (Å²) in [5, 5.41) is 4.43. The molecule has 2 aromatic heterocycles. The van der Waals surface area contributed by atoms with Gasteiger partial charge in [0.15, 0.2) is 0 Å². The van der Waals surface area contributed by atoms with Crippen molar-refractivity contribution in [1.29, 1.82) is 0 Å². The van der Waals surface area contributed by atoms with Crippen molar-refractivity contribution in [2.75, 3.05) is 0 Å². The highest BCUT2D eigenvalue weighted by atomic mass is 79.9. The van der Waals surface area contributed by atoms with Crippen molar-refractivity contribution in [3.8, 4) is 0 Å². The Hall–Kier alpha value is -0.880. The third kappa shape index (κ3) is 2.92. The smallest absolute Gasteiger partial charge is 0.265 e. The maximum absolute atomic E-state index is 11.9. The largest absolute Gasteiger partial charge is 0.307 e. The van der Waals surface area contributed by atoms with Crippen LogP contribution >= 0.6 is 31.9 Å². The molecule has 0 aliphatic heterocycles. The molecule has 0 bridgehead atoms. The molecule has 0 unspecified atom stereocenters. The van der Waals surface area contributed by atoms with Crippen molar-refractivity contribution in [3.63, 3.8) is 0 Å². The van der Waals surface area contributed by atoms with Gasteiger partial charge in [-0.05, 0) is 57.8 Å². The molecule has 0 aromatic carbocycles. The van der Waals surface area contributed by atoms with Gasteiger partial charge in [0.2, 0.25) is 0 Å². The molecule has 0 aliphatic rings. The lowest BCUT2D eigenvalue weighted by Gasteiger charge is -2.06. The van der Waals surface area contributed by atoms with E-state index in [1.807, 2.05) is 16.9 Å². The average Bonchev–Trinajstić information content (AvgIpc) is 2.74. The Morgan fingerprint density at radius 3 is 2.72 bits per heavy atom. The Morgan fingerprint density at radius 2 is 2.11 bits per heavy atom. The molecule has 2 heterocycles. The molecule has 0 fully saturated rings. The Morgan fingerprint density at radius 1 is 1.39 bits per heavy atom. The molecule has 2 aromatic rings. The SMILES string of the molecule is CC(C)n1ccc(Cn2cc(Br)cc(Br)c2=O)n1. The van der Waals surface area contributed by atoms with Crippen LogP contribution in [0, 0.1) is 0 Å². The molecule has 0 atom stereocenters. The molecule has 4 nitrogen and oxygen atoms in total. The van der Waals surface area contributed by atoms with Crippen LogP contribution in [0.25, 0.3) is 0 Å². The van der Waals surface area contributed by atoms with Gasteiger partial charge in [0, 0.05) is 22.9 Å². The standard InChI is InChI=1S/C12H13Br2N3O/c1-8(2)17-4-3-10(15-17)7-16-6-9(13)5-11(14)12(16)18/h3-6,8H,7H2,1-2H3. The van der Waals surface area contributed by atoms with E-state index in [2.05, 4.69) is 50.8 Å². The fraction of sp³-hybridized carbons (Fsp3) is 0.333. The summed E-state index contributed by atoms with van der Waals surface area (Å²) in [6.45, 7) is 4.61. The highest BCUT2D eigenvalue weighted by Gasteiger charge is 2.07. The zero-order valence-corrected chi connectivity index (χ0v) is 13.3. The van der Waals surface area contributed by atoms with E-state index < -0.39 is 0 Å². The van der Waals surface area contributed by atoms with Crippen LogP contribution in [0.5, 0.6) is 0 Å². The minimum Gasteiger partial charge on any atom is -0.307 e. The van der Waals surface area contributed by atoms with Gasteiger partial charge in [0.25, 0.3) is 5.56 Å². The molecular formula is C12H13Br2N3O. The molecule has 0 N–H and O–H groups in total. The van der Waals surface area contributed by atoms with Gasteiger partial charge in [-0.1, -0.05) is 0 Å². The highest BCUT2D eigenvalue weighted by molar-refractivity contribution is 9.11. The number of hydrogen-bond acceptors (Lipinski definition) is 2. The molecule has 0 radical (unpaired) electrons. The first-order valence-corrected chi connectivity index (χ1v) is 7.15. The van der Waals surface area contributed by atoms with Crippen molar-refractivity contribution >= 4 is 31.9 Å². The van der Waals surface area contributed by atoms with E-state index in [4.69, 9.17) is 0 Å². The third-order valence-corrected chi connectivity index (χ3v) is 3.54. The summed E-state index contributed by atoms with van der Waals surface area (Å²) >= 11 is 6.62. The molecule has 18 heavy (non-hydrogen) atoms. The highest BCUT2D eigenvalue weighted by Crippen LogP contribution is 2.13. The van der Waals surface area contributed by atoms with Crippen LogP contribution < -0.4 is 5.56 Å². The van der Waals surface area contributed by atoms with Crippen LogP contribution in [0.4, 0.5) is 0 Å². The summed E-state index contributed by atoms with van der Waals surface area (Å²) in [7, 11) is 0. The lowest BCUT2D eigenvalue weighted by atomic mass is 10.4. The van der Waals surface area contributed by atoms with E-state index in [1.165, 1.54) is 0 Å². The monoisotopic (exact) mass is 373 g/mol. The van der Waals surface area contributed by atoms with E-state index >= 15 is 0 Å². The summed E-state index contributed by atoms with van der Waals surface area (Å²) in [5.41, 5.74) is 0.813. The maximum atomic E-state index is 11.9. The zero-order chi connectivity index (χ0) is 13.3. The zero-order valence-electron chi connectivity index (χ0n) is 10.1. The Bertz CT molecular complexity index is 616. The number of aromatic nitrogens is 3. The fourth-order valence-corrected chi connectivity index (χ4v) is 2.86. The number of hydrogen-bond donors (Lipinski definition) is 0. The molecule has 0 amide bonds. The molecule has 0 spiro atoms. The number of pyridine rings is 1. The molecule has 96 valence electrons. The van der Waals surface area contributed by atoms with Gasteiger partial charge in [0.05, 0.1) is 16.7 Å². The van der Waals surface area contributed by atoms with Crippen molar-refractivity contribution in [1.82, 2.24) is 14.3 Å². The van der Waals surface area contributed by atoms with Gasteiger partial charge < -0.3 is 4.57 Å². The Kier molecular flexibility index (Phi) is 4.07. The van der Waals surface area contributed by atoms with Crippen LogP contribution in [-0.2, 0) is 6.54 Å². The second-order valence-corrected chi connectivity index (χ2v) is 6.09. The lowest BCUT2D eigenvalue weighted by Crippen LogP contribution is -2.21. The average molecular weight is 375 g/mol. The fourth-order valence-electron chi connectivity index (χ4n) is 1.61. The van der Waals surface area contributed by atoms with Crippen LogP contribution in [0.3, 0.4) is 0 Å².